The number of benzene rings is 2. The molecule has 0 atom stereocenters. The number of anilines is 1. The minimum Gasteiger partial charge on any atom is -0.478 e. The van der Waals surface area contributed by atoms with Crippen LogP contribution in [0.2, 0.25) is 0 Å². The van der Waals surface area contributed by atoms with Gasteiger partial charge in [0.15, 0.2) is 5.76 Å². The lowest BCUT2D eigenvalue weighted by atomic mass is 10.2. The van der Waals surface area contributed by atoms with Gasteiger partial charge in [-0.3, -0.25) is 4.79 Å². The van der Waals surface area contributed by atoms with Gasteiger partial charge in [0.25, 0.3) is 5.91 Å². The van der Waals surface area contributed by atoms with E-state index in [9.17, 15) is 14.0 Å². The van der Waals surface area contributed by atoms with Crippen LogP contribution in [0.15, 0.2) is 65.1 Å². The van der Waals surface area contributed by atoms with Crippen molar-refractivity contribution in [2.75, 3.05) is 5.32 Å². The number of carboxylic acids is 1. The molecule has 0 saturated heterocycles. The van der Waals surface area contributed by atoms with Gasteiger partial charge in [0, 0.05) is 11.3 Å². The summed E-state index contributed by atoms with van der Waals surface area (Å²) in [4.78, 5) is 22.9. The standard InChI is InChI=1S/C18H12FNO4/c19-13-5-1-11(2-6-13)15-9-10-16(24-15)17(21)20-14-7-3-12(4-8-14)18(22)23/h1-10H,(H,20,21)(H,22,23). The molecule has 0 saturated carbocycles. The van der Waals surface area contributed by atoms with E-state index in [1.54, 1.807) is 18.2 Å². The Balaban J connectivity index is 1.73. The van der Waals surface area contributed by atoms with Crippen LogP contribution in [0.5, 0.6) is 0 Å². The molecule has 2 aromatic carbocycles. The Morgan fingerprint density at radius 2 is 1.58 bits per heavy atom. The average Bonchev–Trinajstić information content (AvgIpc) is 3.06. The van der Waals surface area contributed by atoms with E-state index in [0.29, 0.717) is 17.0 Å². The van der Waals surface area contributed by atoms with Crippen LogP contribution in [-0.2, 0) is 0 Å². The summed E-state index contributed by atoms with van der Waals surface area (Å²) in [6, 6.07) is 14.6. The Bertz CT molecular complexity index is 882. The first kappa shape index (κ1) is 15.5. The summed E-state index contributed by atoms with van der Waals surface area (Å²) in [5, 5.41) is 11.5. The summed E-state index contributed by atoms with van der Waals surface area (Å²) in [7, 11) is 0. The molecule has 0 fully saturated rings. The SMILES string of the molecule is O=C(O)c1ccc(NC(=O)c2ccc(-c3ccc(F)cc3)o2)cc1. The molecule has 1 amide bonds. The highest BCUT2D eigenvalue weighted by Crippen LogP contribution is 2.23. The van der Waals surface area contributed by atoms with Crippen molar-refractivity contribution in [3.63, 3.8) is 0 Å². The smallest absolute Gasteiger partial charge is 0.335 e. The molecule has 0 unspecified atom stereocenters. The Morgan fingerprint density at radius 1 is 0.917 bits per heavy atom. The molecule has 0 aliphatic rings. The molecule has 3 aromatic rings. The van der Waals surface area contributed by atoms with Crippen molar-refractivity contribution in [1.82, 2.24) is 0 Å². The highest BCUT2D eigenvalue weighted by atomic mass is 19.1. The van der Waals surface area contributed by atoms with Crippen LogP contribution in [0.4, 0.5) is 10.1 Å². The van der Waals surface area contributed by atoms with Crippen molar-refractivity contribution in [3.05, 3.63) is 77.8 Å². The third kappa shape index (κ3) is 3.33. The number of carbonyl (C=O) groups is 2. The van der Waals surface area contributed by atoms with Crippen molar-refractivity contribution in [1.29, 1.82) is 0 Å². The van der Waals surface area contributed by atoms with Crippen LogP contribution in [0.3, 0.4) is 0 Å². The number of carbonyl (C=O) groups excluding carboxylic acids is 1. The monoisotopic (exact) mass is 325 g/mol. The molecular weight excluding hydrogens is 313 g/mol. The summed E-state index contributed by atoms with van der Waals surface area (Å²) in [5.74, 6) is -1.32. The molecule has 0 aliphatic heterocycles. The van der Waals surface area contributed by atoms with Crippen LogP contribution in [0.25, 0.3) is 11.3 Å². The van der Waals surface area contributed by atoms with Crippen molar-refractivity contribution in [2.45, 2.75) is 0 Å². The lowest BCUT2D eigenvalue weighted by Crippen LogP contribution is -2.11. The largest absolute Gasteiger partial charge is 0.478 e. The fourth-order valence-electron chi connectivity index (χ4n) is 2.12. The maximum absolute atomic E-state index is 12.9. The molecule has 0 bridgehead atoms. The highest BCUT2D eigenvalue weighted by molar-refractivity contribution is 6.02. The number of hydrogen-bond donors (Lipinski definition) is 2. The highest BCUT2D eigenvalue weighted by Gasteiger charge is 2.13. The fraction of sp³-hybridized carbons (Fsp3) is 0. The number of nitrogens with one attached hydrogen (secondary N) is 1. The molecular formula is C18H12FNO4. The zero-order chi connectivity index (χ0) is 17.1. The molecule has 120 valence electrons. The van der Waals surface area contributed by atoms with Gasteiger partial charge >= 0.3 is 5.97 Å². The summed E-state index contributed by atoms with van der Waals surface area (Å²) >= 11 is 0. The zero-order valence-corrected chi connectivity index (χ0v) is 12.3. The van der Waals surface area contributed by atoms with E-state index in [-0.39, 0.29) is 17.1 Å². The topological polar surface area (TPSA) is 79.5 Å². The number of carboxylic acid groups (broad SMARTS) is 1. The van der Waals surface area contributed by atoms with E-state index in [0.717, 1.165) is 0 Å². The van der Waals surface area contributed by atoms with Gasteiger partial charge in [0.2, 0.25) is 0 Å². The maximum Gasteiger partial charge on any atom is 0.335 e. The Hall–Kier alpha value is -3.41. The van der Waals surface area contributed by atoms with E-state index in [1.165, 1.54) is 42.5 Å². The second-order valence-electron chi connectivity index (χ2n) is 5.01. The molecule has 0 radical (unpaired) electrons. The Kier molecular flexibility index (Phi) is 4.11. The lowest BCUT2D eigenvalue weighted by molar-refractivity contribution is 0.0696. The van der Waals surface area contributed by atoms with Crippen LogP contribution in [-0.4, -0.2) is 17.0 Å². The molecule has 0 aliphatic carbocycles. The first-order valence-corrected chi connectivity index (χ1v) is 7.03. The summed E-state index contributed by atoms with van der Waals surface area (Å²) in [6.45, 7) is 0. The molecule has 3 rings (SSSR count). The Labute approximate surface area is 136 Å². The average molecular weight is 325 g/mol. The van der Waals surface area contributed by atoms with Gasteiger partial charge in [-0.25, -0.2) is 9.18 Å². The van der Waals surface area contributed by atoms with Crippen molar-refractivity contribution in [2.24, 2.45) is 0 Å². The van der Waals surface area contributed by atoms with Crippen molar-refractivity contribution < 1.29 is 23.5 Å². The summed E-state index contributed by atoms with van der Waals surface area (Å²) in [5.41, 5.74) is 1.23. The molecule has 1 heterocycles. The molecule has 0 spiro atoms. The number of furan rings is 1. The van der Waals surface area contributed by atoms with Gasteiger partial charge in [-0.2, -0.15) is 0 Å². The molecule has 6 heteroatoms. The van der Waals surface area contributed by atoms with E-state index < -0.39 is 11.9 Å². The number of hydrogen-bond acceptors (Lipinski definition) is 3. The maximum atomic E-state index is 12.9. The number of amides is 1. The Morgan fingerprint density at radius 3 is 2.21 bits per heavy atom. The van der Waals surface area contributed by atoms with Gasteiger partial charge in [-0.1, -0.05) is 0 Å². The number of rotatable bonds is 4. The first-order valence-electron chi connectivity index (χ1n) is 7.03. The van der Waals surface area contributed by atoms with Crippen molar-refractivity contribution in [3.8, 4) is 11.3 Å². The predicted molar refractivity (Wildman–Crippen MR) is 85.5 cm³/mol. The number of aromatic carboxylic acids is 1. The van der Waals surface area contributed by atoms with Gasteiger partial charge in [0.1, 0.15) is 11.6 Å². The normalized spacial score (nSPS) is 10.4. The van der Waals surface area contributed by atoms with Gasteiger partial charge in [0.05, 0.1) is 5.56 Å². The third-order valence-electron chi connectivity index (χ3n) is 3.35. The lowest BCUT2D eigenvalue weighted by Gasteiger charge is -2.03. The van der Waals surface area contributed by atoms with E-state index in [2.05, 4.69) is 5.32 Å². The van der Waals surface area contributed by atoms with Crippen LogP contribution in [0, 0.1) is 5.82 Å². The molecule has 24 heavy (non-hydrogen) atoms. The second kappa shape index (κ2) is 6.37. The minimum absolute atomic E-state index is 0.0941. The molecule has 5 nitrogen and oxygen atoms in total. The van der Waals surface area contributed by atoms with E-state index >= 15 is 0 Å². The number of halogens is 1. The zero-order valence-electron chi connectivity index (χ0n) is 12.3. The van der Waals surface area contributed by atoms with Crippen LogP contribution >= 0.6 is 0 Å². The molecule has 1 aromatic heterocycles. The summed E-state index contributed by atoms with van der Waals surface area (Å²) in [6.07, 6.45) is 0. The van der Waals surface area contributed by atoms with E-state index in [4.69, 9.17) is 9.52 Å². The molecule has 2 N–H and O–H groups in total. The third-order valence-corrected chi connectivity index (χ3v) is 3.35. The van der Waals surface area contributed by atoms with E-state index in [1.807, 2.05) is 0 Å². The second-order valence-corrected chi connectivity index (χ2v) is 5.01. The fourth-order valence-corrected chi connectivity index (χ4v) is 2.12. The van der Waals surface area contributed by atoms with Crippen LogP contribution in [0.1, 0.15) is 20.9 Å². The van der Waals surface area contributed by atoms with Gasteiger partial charge < -0.3 is 14.8 Å². The summed E-state index contributed by atoms with van der Waals surface area (Å²) < 4.78 is 18.4. The van der Waals surface area contributed by atoms with Crippen molar-refractivity contribution >= 4 is 17.6 Å². The van der Waals surface area contributed by atoms with Gasteiger partial charge in [-0.05, 0) is 60.7 Å². The van der Waals surface area contributed by atoms with Crippen LogP contribution < -0.4 is 5.32 Å². The quantitative estimate of drug-likeness (QED) is 0.759. The first-order chi connectivity index (χ1) is 11.5. The minimum atomic E-state index is -1.04. The predicted octanol–water partition coefficient (Wildman–Crippen LogP) is 4.04. The van der Waals surface area contributed by atoms with Gasteiger partial charge in [-0.15, -0.1) is 0 Å².